The van der Waals surface area contributed by atoms with Crippen molar-refractivity contribution in [1.82, 2.24) is 4.72 Å². The lowest BCUT2D eigenvalue weighted by Gasteiger charge is -2.21. The number of hydrogen-bond acceptors (Lipinski definition) is 3. The van der Waals surface area contributed by atoms with Crippen molar-refractivity contribution >= 4 is 10.0 Å². The highest BCUT2D eigenvalue weighted by Gasteiger charge is 2.20. The second-order valence-electron chi connectivity index (χ2n) is 5.20. The molecule has 1 N–H and O–H groups in total. The number of nitrogens with one attached hydrogen (secondary N) is 1. The van der Waals surface area contributed by atoms with Crippen LogP contribution in [0.1, 0.15) is 24.8 Å². The number of halogens is 1. The van der Waals surface area contributed by atoms with Gasteiger partial charge >= 0.3 is 0 Å². The lowest BCUT2D eigenvalue weighted by molar-refractivity contribution is 0.0523. The van der Waals surface area contributed by atoms with Crippen molar-refractivity contribution in [2.24, 2.45) is 5.92 Å². The summed E-state index contributed by atoms with van der Waals surface area (Å²) in [5.41, 5.74) is 0.695. The predicted octanol–water partition coefficient (Wildman–Crippen LogP) is 2.23. The van der Waals surface area contributed by atoms with Crippen LogP contribution in [0.25, 0.3) is 0 Å². The molecule has 6 heteroatoms. The highest BCUT2D eigenvalue weighted by Crippen LogP contribution is 2.18. The molecule has 2 rings (SSSR count). The van der Waals surface area contributed by atoms with Gasteiger partial charge in [0.05, 0.1) is 0 Å². The first-order valence-electron chi connectivity index (χ1n) is 6.82. The zero-order chi connectivity index (χ0) is 14.6. The summed E-state index contributed by atoms with van der Waals surface area (Å²) < 4.78 is 45.5. The summed E-state index contributed by atoms with van der Waals surface area (Å²) in [6.07, 6.45) is 2.79. The van der Waals surface area contributed by atoms with Crippen LogP contribution in [0, 0.1) is 18.7 Å². The molecule has 1 atom stereocenters. The van der Waals surface area contributed by atoms with Crippen molar-refractivity contribution in [3.63, 3.8) is 0 Å². The van der Waals surface area contributed by atoms with E-state index in [-0.39, 0.29) is 4.90 Å². The third kappa shape index (κ3) is 4.01. The molecule has 0 bridgehead atoms. The van der Waals surface area contributed by atoms with Crippen LogP contribution in [0.4, 0.5) is 4.39 Å². The van der Waals surface area contributed by atoms with Crippen LogP contribution in [0.15, 0.2) is 23.1 Å². The number of benzene rings is 1. The molecule has 4 nitrogen and oxygen atoms in total. The van der Waals surface area contributed by atoms with Gasteiger partial charge in [0, 0.05) is 19.8 Å². The second kappa shape index (κ2) is 6.65. The summed E-state index contributed by atoms with van der Waals surface area (Å²) in [6.45, 7) is 3.50. The van der Waals surface area contributed by atoms with Gasteiger partial charge in [-0.1, -0.05) is 6.07 Å². The fourth-order valence-electron chi connectivity index (χ4n) is 2.33. The summed E-state index contributed by atoms with van der Waals surface area (Å²) >= 11 is 0. The minimum atomic E-state index is -3.77. The van der Waals surface area contributed by atoms with E-state index in [9.17, 15) is 12.8 Å². The number of sulfonamides is 1. The van der Waals surface area contributed by atoms with Crippen LogP contribution >= 0.6 is 0 Å². The number of aryl methyl sites for hydroxylation is 1. The van der Waals surface area contributed by atoms with Crippen molar-refractivity contribution in [1.29, 1.82) is 0 Å². The molecule has 0 unspecified atom stereocenters. The van der Waals surface area contributed by atoms with Crippen LogP contribution in [0.3, 0.4) is 0 Å². The summed E-state index contributed by atoms with van der Waals surface area (Å²) in [7, 11) is -3.77. The SMILES string of the molecule is Cc1ccc(S(=O)(=O)NCC[C@H]2CCCOC2)c(F)c1. The number of rotatable bonds is 5. The molecule has 0 radical (unpaired) electrons. The van der Waals surface area contributed by atoms with Gasteiger partial charge in [-0.3, -0.25) is 0 Å². The zero-order valence-corrected chi connectivity index (χ0v) is 12.4. The topological polar surface area (TPSA) is 55.4 Å². The van der Waals surface area contributed by atoms with Crippen molar-refractivity contribution in [2.75, 3.05) is 19.8 Å². The molecule has 0 spiro atoms. The summed E-state index contributed by atoms with van der Waals surface area (Å²) in [6, 6.07) is 4.12. The average Bonchev–Trinajstić information content (AvgIpc) is 2.39. The minimum Gasteiger partial charge on any atom is -0.381 e. The van der Waals surface area contributed by atoms with E-state index in [1.165, 1.54) is 12.1 Å². The van der Waals surface area contributed by atoms with E-state index >= 15 is 0 Å². The fraction of sp³-hybridized carbons (Fsp3) is 0.571. The second-order valence-corrected chi connectivity index (χ2v) is 6.94. The van der Waals surface area contributed by atoms with Crippen LogP contribution in [-0.4, -0.2) is 28.2 Å². The molecule has 0 aromatic heterocycles. The van der Waals surface area contributed by atoms with Gasteiger partial charge in [0.15, 0.2) is 0 Å². The van der Waals surface area contributed by atoms with E-state index in [0.717, 1.165) is 19.4 Å². The summed E-state index contributed by atoms with van der Waals surface area (Å²) in [4.78, 5) is -0.289. The maximum Gasteiger partial charge on any atom is 0.243 e. The normalized spacial score (nSPS) is 20.0. The van der Waals surface area contributed by atoms with Crippen molar-refractivity contribution < 1.29 is 17.5 Å². The van der Waals surface area contributed by atoms with Crippen LogP contribution in [-0.2, 0) is 14.8 Å². The van der Waals surface area contributed by atoms with E-state index in [0.29, 0.717) is 31.1 Å². The number of ether oxygens (including phenoxy) is 1. The summed E-state index contributed by atoms with van der Waals surface area (Å²) in [5, 5.41) is 0. The molecule has 0 amide bonds. The maximum atomic E-state index is 13.7. The van der Waals surface area contributed by atoms with Crippen molar-refractivity contribution in [3.8, 4) is 0 Å². The molecule has 20 heavy (non-hydrogen) atoms. The van der Waals surface area contributed by atoms with Crippen molar-refractivity contribution in [2.45, 2.75) is 31.1 Å². The first-order chi connectivity index (χ1) is 9.49. The Kier molecular flexibility index (Phi) is 5.12. The first kappa shape index (κ1) is 15.4. The Bertz CT molecular complexity index is 554. The molecule has 1 aliphatic heterocycles. The molecule has 1 aromatic rings. The fourth-order valence-corrected chi connectivity index (χ4v) is 3.44. The van der Waals surface area contributed by atoms with Crippen LogP contribution in [0.2, 0.25) is 0 Å². The van der Waals surface area contributed by atoms with Gasteiger partial charge in [0.2, 0.25) is 10.0 Å². The van der Waals surface area contributed by atoms with Gasteiger partial charge in [-0.05, 0) is 49.8 Å². The monoisotopic (exact) mass is 301 g/mol. The molecule has 0 aliphatic carbocycles. The Balaban J connectivity index is 1.93. The smallest absolute Gasteiger partial charge is 0.243 e. The highest BCUT2D eigenvalue weighted by molar-refractivity contribution is 7.89. The minimum absolute atomic E-state index is 0.289. The molecule has 1 heterocycles. The lowest BCUT2D eigenvalue weighted by atomic mass is 9.99. The Labute approximate surface area is 119 Å². The van der Waals surface area contributed by atoms with Crippen LogP contribution in [0.5, 0.6) is 0 Å². The Morgan fingerprint density at radius 3 is 2.90 bits per heavy atom. The third-order valence-corrected chi connectivity index (χ3v) is 4.97. The van der Waals surface area contributed by atoms with Crippen LogP contribution < -0.4 is 4.72 Å². The predicted molar refractivity (Wildman–Crippen MR) is 74.5 cm³/mol. The van der Waals surface area contributed by atoms with Gasteiger partial charge in [-0.25, -0.2) is 17.5 Å². The molecule has 112 valence electrons. The standard InChI is InChI=1S/C14H20FNO3S/c1-11-4-5-14(13(15)9-11)20(17,18)16-7-6-12-3-2-8-19-10-12/h4-5,9,12,16H,2-3,6-8,10H2,1H3/t12-/m1/s1. The van der Waals surface area contributed by atoms with Crippen molar-refractivity contribution in [3.05, 3.63) is 29.6 Å². The average molecular weight is 301 g/mol. The van der Waals surface area contributed by atoms with E-state index in [1.807, 2.05) is 0 Å². The molecule has 0 saturated carbocycles. The van der Waals surface area contributed by atoms with E-state index in [4.69, 9.17) is 4.74 Å². The summed E-state index contributed by atoms with van der Waals surface area (Å²) in [5.74, 6) is -0.326. The molecule has 1 aromatic carbocycles. The molecule has 1 aliphatic rings. The van der Waals surface area contributed by atoms with E-state index < -0.39 is 15.8 Å². The quantitative estimate of drug-likeness (QED) is 0.907. The van der Waals surface area contributed by atoms with Gasteiger partial charge in [0.25, 0.3) is 0 Å². The Hall–Kier alpha value is -0.980. The highest BCUT2D eigenvalue weighted by atomic mass is 32.2. The largest absolute Gasteiger partial charge is 0.381 e. The van der Waals surface area contributed by atoms with Gasteiger partial charge in [-0.2, -0.15) is 0 Å². The van der Waals surface area contributed by atoms with E-state index in [2.05, 4.69) is 4.72 Å². The first-order valence-corrected chi connectivity index (χ1v) is 8.31. The van der Waals surface area contributed by atoms with E-state index in [1.54, 1.807) is 13.0 Å². The Morgan fingerprint density at radius 1 is 1.45 bits per heavy atom. The van der Waals surface area contributed by atoms with Gasteiger partial charge in [0.1, 0.15) is 10.7 Å². The third-order valence-electron chi connectivity index (χ3n) is 3.48. The lowest BCUT2D eigenvalue weighted by Crippen LogP contribution is -2.28. The Morgan fingerprint density at radius 2 is 2.25 bits per heavy atom. The number of hydrogen-bond donors (Lipinski definition) is 1. The maximum absolute atomic E-state index is 13.7. The van der Waals surface area contributed by atoms with Gasteiger partial charge < -0.3 is 4.74 Å². The molecular formula is C14H20FNO3S. The van der Waals surface area contributed by atoms with Gasteiger partial charge in [-0.15, -0.1) is 0 Å². The molecule has 1 saturated heterocycles. The molecule has 1 fully saturated rings. The zero-order valence-electron chi connectivity index (χ0n) is 11.6. The molecular weight excluding hydrogens is 281 g/mol.